The molecule has 21 heavy (non-hydrogen) atoms. The van der Waals surface area contributed by atoms with Crippen LogP contribution in [0.5, 0.6) is 0 Å². The predicted molar refractivity (Wildman–Crippen MR) is 76.5 cm³/mol. The van der Waals surface area contributed by atoms with Gasteiger partial charge in [0.05, 0.1) is 17.8 Å². The third-order valence-corrected chi connectivity index (χ3v) is 5.69. The number of aromatic nitrogens is 1. The highest BCUT2D eigenvalue weighted by Crippen LogP contribution is 2.50. The fourth-order valence-corrected chi connectivity index (χ4v) is 3.63. The van der Waals surface area contributed by atoms with Gasteiger partial charge in [0.1, 0.15) is 4.88 Å². The number of carbonyl (C=O) groups is 2. The second-order valence-corrected chi connectivity index (χ2v) is 7.48. The molecule has 0 aliphatic heterocycles. The van der Waals surface area contributed by atoms with Gasteiger partial charge in [0, 0.05) is 14.2 Å². The van der Waals surface area contributed by atoms with Crippen LogP contribution in [0, 0.1) is 13.8 Å². The van der Waals surface area contributed by atoms with Crippen LogP contribution in [0.1, 0.15) is 20.4 Å². The molecule has 0 bridgehead atoms. The zero-order chi connectivity index (χ0) is 16.2. The molecule has 1 aromatic heterocycles. The molecular formula is C11H17N2O6PS. The molecule has 1 unspecified atom stereocenters. The number of esters is 1. The molecule has 0 aliphatic rings. The van der Waals surface area contributed by atoms with Gasteiger partial charge < -0.3 is 19.1 Å². The Morgan fingerprint density at radius 3 is 2.19 bits per heavy atom. The number of rotatable bonds is 6. The minimum Gasteiger partial charge on any atom is -0.467 e. The van der Waals surface area contributed by atoms with E-state index in [1.54, 1.807) is 13.8 Å². The van der Waals surface area contributed by atoms with Crippen molar-refractivity contribution in [2.75, 3.05) is 21.3 Å². The zero-order valence-electron chi connectivity index (χ0n) is 12.3. The molecule has 0 fully saturated rings. The van der Waals surface area contributed by atoms with E-state index in [0.29, 0.717) is 15.6 Å². The van der Waals surface area contributed by atoms with E-state index < -0.39 is 25.3 Å². The van der Waals surface area contributed by atoms with Crippen LogP contribution < -0.4 is 5.32 Å². The molecule has 0 aromatic carbocycles. The van der Waals surface area contributed by atoms with Gasteiger partial charge in [0.25, 0.3) is 5.91 Å². The van der Waals surface area contributed by atoms with Crippen LogP contribution in [0.2, 0.25) is 0 Å². The van der Waals surface area contributed by atoms with Crippen molar-refractivity contribution in [1.82, 2.24) is 10.3 Å². The van der Waals surface area contributed by atoms with Gasteiger partial charge in [-0.25, -0.2) is 9.78 Å². The Morgan fingerprint density at radius 1 is 1.24 bits per heavy atom. The fourth-order valence-electron chi connectivity index (χ4n) is 1.60. The van der Waals surface area contributed by atoms with Crippen molar-refractivity contribution < 1.29 is 27.9 Å². The monoisotopic (exact) mass is 336 g/mol. The molecule has 10 heteroatoms. The van der Waals surface area contributed by atoms with Crippen molar-refractivity contribution in [3.8, 4) is 0 Å². The van der Waals surface area contributed by atoms with E-state index in [1.807, 2.05) is 0 Å². The van der Waals surface area contributed by atoms with E-state index in [4.69, 9.17) is 9.05 Å². The summed E-state index contributed by atoms with van der Waals surface area (Å²) >= 11 is 1.16. The number of methoxy groups -OCH3 is 1. The lowest BCUT2D eigenvalue weighted by atomic mass is 10.3. The van der Waals surface area contributed by atoms with Gasteiger partial charge in [-0.2, -0.15) is 0 Å². The van der Waals surface area contributed by atoms with E-state index in [0.717, 1.165) is 32.7 Å². The maximum atomic E-state index is 12.3. The molecule has 1 rings (SSSR count). The van der Waals surface area contributed by atoms with Crippen molar-refractivity contribution in [1.29, 1.82) is 0 Å². The highest BCUT2D eigenvalue weighted by Gasteiger charge is 2.42. The first-order valence-corrected chi connectivity index (χ1v) is 8.25. The van der Waals surface area contributed by atoms with Crippen LogP contribution in [0.4, 0.5) is 0 Å². The number of thiazole rings is 1. The van der Waals surface area contributed by atoms with Gasteiger partial charge in [-0.1, -0.05) is 0 Å². The lowest BCUT2D eigenvalue weighted by Crippen LogP contribution is -2.41. The largest absolute Gasteiger partial charge is 0.467 e. The molecule has 0 aliphatic carbocycles. The Morgan fingerprint density at radius 2 is 1.81 bits per heavy atom. The van der Waals surface area contributed by atoms with Crippen molar-refractivity contribution in [3.05, 3.63) is 15.6 Å². The lowest BCUT2D eigenvalue weighted by molar-refractivity contribution is -0.141. The molecule has 0 spiro atoms. The van der Waals surface area contributed by atoms with Gasteiger partial charge in [-0.15, -0.1) is 11.3 Å². The number of hydrogen-bond donors (Lipinski definition) is 1. The van der Waals surface area contributed by atoms with Crippen molar-refractivity contribution in [2.45, 2.75) is 19.6 Å². The SMILES string of the molecule is COC(=O)C(NC(=O)c1sc(C)nc1C)P(=O)(OC)OC. The molecule has 8 nitrogen and oxygen atoms in total. The minimum absolute atomic E-state index is 0.320. The Labute approximate surface area is 126 Å². The molecule has 1 aromatic rings. The van der Waals surface area contributed by atoms with E-state index in [1.165, 1.54) is 0 Å². The molecular weight excluding hydrogens is 319 g/mol. The third-order valence-electron chi connectivity index (χ3n) is 2.63. The molecule has 0 radical (unpaired) electrons. The summed E-state index contributed by atoms with van der Waals surface area (Å²) in [6.07, 6.45) is 0. The Hall–Kier alpha value is -1.28. The summed E-state index contributed by atoms with van der Waals surface area (Å²) in [5.74, 6) is -3.07. The highest BCUT2D eigenvalue weighted by atomic mass is 32.1. The van der Waals surface area contributed by atoms with Gasteiger partial charge in [0.15, 0.2) is 0 Å². The van der Waals surface area contributed by atoms with Crippen molar-refractivity contribution >= 4 is 30.8 Å². The molecule has 0 saturated carbocycles. The standard InChI is InChI=1S/C11H17N2O6PS/c1-6-8(21-7(2)12-6)9(14)13-10(11(15)17-3)20(16,18-4)19-5/h10H,1-5H3,(H,13,14). The average molecular weight is 336 g/mol. The van der Waals surface area contributed by atoms with Gasteiger partial charge in [-0.05, 0) is 13.8 Å². The number of ether oxygens (including phenoxy) is 1. The minimum atomic E-state index is -3.87. The van der Waals surface area contributed by atoms with Gasteiger partial charge in [-0.3, -0.25) is 9.36 Å². The molecule has 1 atom stereocenters. The summed E-state index contributed by atoms with van der Waals surface area (Å²) < 4.78 is 26.4. The van der Waals surface area contributed by atoms with Crippen LogP contribution in [-0.4, -0.2) is 44.0 Å². The Kier molecular flexibility index (Phi) is 6.03. The lowest BCUT2D eigenvalue weighted by Gasteiger charge is -2.22. The summed E-state index contributed by atoms with van der Waals surface area (Å²) in [6, 6.07) is 0. The van der Waals surface area contributed by atoms with E-state index in [-0.39, 0.29) is 0 Å². The van der Waals surface area contributed by atoms with Crippen molar-refractivity contribution in [2.24, 2.45) is 0 Å². The number of hydrogen-bond acceptors (Lipinski definition) is 8. The second kappa shape index (κ2) is 7.13. The zero-order valence-corrected chi connectivity index (χ0v) is 14.0. The molecule has 1 heterocycles. The first kappa shape index (κ1) is 17.8. The maximum Gasteiger partial charge on any atom is 0.363 e. The van der Waals surface area contributed by atoms with Crippen molar-refractivity contribution in [3.63, 3.8) is 0 Å². The molecule has 118 valence electrons. The highest BCUT2D eigenvalue weighted by molar-refractivity contribution is 7.55. The van der Waals surface area contributed by atoms with Crippen LogP contribution in [0.3, 0.4) is 0 Å². The summed E-state index contributed by atoms with van der Waals surface area (Å²) in [7, 11) is -0.519. The molecule has 1 amide bonds. The number of nitrogens with one attached hydrogen (secondary N) is 1. The number of aryl methyl sites for hydroxylation is 2. The Bertz CT molecular complexity index is 579. The fraction of sp³-hybridized carbons (Fsp3) is 0.545. The Balaban J connectivity index is 3.07. The quantitative estimate of drug-likeness (QED) is 0.619. The van der Waals surface area contributed by atoms with Gasteiger partial charge >= 0.3 is 13.6 Å². The number of nitrogens with zero attached hydrogens (tertiary/aromatic N) is 1. The second-order valence-electron chi connectivity index (χ2n) is 3.95. The van der Waals surface area contributed by atoms with Crippen LogP contribution in [0.25, 0.3) is 0 Å². The average Bonchev–Trinajstić information content (AvgIpc) is 2.81. The summed E-state index contributed by atoms with van der Waals surface area (Å²) in [5.41, 5.74) is 0.517. The van der Waals surface area contributed by atoms with Crippen LogP contribution in [0.15, 0.2) is 0 Å². The maximum absolute atomic E-state index is 12.3. The topological polar surface area (TPSA) is 104 Å². The van der Waals surface area contributed by atoms with Gasteiger partial charge in [0.2, 0.25) is 5.78 Å². The number of amides is 1. The first-order valence-electron chi connectivity index (χ1n) is 5.83. The third kappa shape index (κ3) is 3.88. The van der Waals surface area contributed by atoms with E-state index in [2.05, 4.69) is 15.0 Å². The summed E-state index contributed by atoms with van der Waals surface area (Å²) in [4.78, 5) is 28.4. The predicted octanol–water partition coefficient (Wildman–Crippen LogP) is 1.47. The molecule has 0 saturated heterocycles. The first-order chi connectivity index (χ1) is 9.78. The number of carbonyl (C=O) groups excluding carboxylic acids is 2. The summed E-state index contributed by atoms with van der Waals surface area (Å²) in [6.45, 7) is 3.42. The van der Waals surface area contributed by atoms with Crippen LogP contribution >= 0.6 is 18.9 Å². The normalized spacial score (nSPS) is 12.8. The smallest absolute Gasteiger partial charge is 0.363 e. The summed E-state index contributed by atoms with van der Waals surface area (Å²) in [5, 5.41) is 3.03. The van der Waals surface area contributed by atoms with Crippen LogP contribution in [-0.2, 0) is 23.1 Å². The van der Waals surface area contributed by atoms with E-state index >= 15 is 0 Å². The van der Waals surface area contributed by atoms with E-state index in [9.17, 15) is 14.2 Å². The molecule has 1 N–H and O–H groups in total.